The molecule has 0 fully saturated rings. The zero-order valence-electron chi connectivity index (χ0n) is 11.0. The SMILES string of the molecule is CCCCC(CNCC)Cc1ccc(F)cc1. The number of unbranched alkanes of at least 4 members (excludes halogenated alkanes) is 1. The van der Waals surface area contributed by atoms with Crippen molar-refractivity contribution in [2.24, 2.45) is 5.92 Å². The second-order valence-corrected chi connectivity index (χ2v) is 4.65. The van der Waals surface area contributed by atoms with Gasteiger partial charge in [-0.05, 0) is 49.5 Å². The fourth-order valence-electron chi connectivity index (χ4n) is 2.07. The summed E-state index contributed by atoms with van der Waals surface area (Å²) in [7, 11) is 0. The van der Waals surface area contributed by atoms with Gasteiger partial charge in [0, 0.05) is 0 Å². The molecule has 1 unspecified atom stereocenters. The van der Waals surface area contributed by atoms with Gasteiger partial charge in [-0.15, -0.1) is 0 Å². The molecule has 0 aliphatic carbocycles. The second kappa shape index (κ2) is 8.24. The molecule has 1 nitrogen and oxygen atoms in total. The van der Waals surface area contributed by atoms with Gasteiger partial charge < -0.3 is 5.32 Å². The molecule has 1 rings (SSSR count). The number of hydrogen-bond acceptors (Lipinski definition) is 1. The number of nitrogens with one attached hydrogen (secondary N) is 1. The van der Waals surface area contributed by atoms with E-state index < -0.39 is 0 Å². The van der Waals surface area contributed by atoms with Gasteiger partial charge >= 0.3 is 0 Å². The van der Waals surface area contributed by atoms with Gasteiger partial charge in [-0.1, -0.05) is 38.8 Å². The average molecular weight is 237 g/mol. The van der Waals surface area contributed by atoms with Crippen LogP contribution >= 0.6 is 0 Å². The highest BCUT2D eigenvalue weighted by Crippen LogP contribution is 2.15. The van der Waals surface area contributed by atoms with E-state index in [1.807, 2.05) is 12.1 Å². The molecule has 0 heterocycles. The quantitative estimate of drug-likeness (QED) is 0.725. The van der Waals surface area contributed by atoms with Crippen molar-refractivity contribution in [1.82, 2.24) is 5.32 Å². The van der Waals surface area contributed by atoms with Crippen LogP contribution in [0.3, 0.4) is 0 Å². The van der Waals surface area contributed by atoms with Gasteiger partial charge in [-0.25, -0.2) is 4.39 Å². The molecule has 1 atom stereocenters. The maximum absolute atomic E-state index is 12.8. The lowest BCUT2D eigenvalue weighted by Gasteiger charge is -2.17. The van der Waals surface area contributed by atoms with Crippen LogP contribution in [0.25, 0.3) is 0 Å². The van der Waals surface area contributed by atoms with Crippen LogP contribution in [-0.2, 0) is 6.42 Å². The Balaban J connectivity index is 2.48. The van der Waals surface area contributed by atoms with Crippen molar-refractivity contribution in [3.05, 3.63) is 35.6 Å². The second-order valence-electron chi connectivity index (χ2n) is 4.65. The number of benzene rings is 1. The Morgan fingerprint density at radius 3 is 2.47 bits per heavy atom. The highest BCUT2D eigenvalue weighted by atomic mass is 19.1. The molecule has 1 aromatic carbocycles. The minimum Gasteiger partial charge on any atom is -0.317 e. The molecule has 2 heteroatoms. The maximum atomic E-state index is 12.8. The van der Waals surface area contributed by atoms with Crippen LogP contribution in [0.5, 0.6) is 0 Å². The zero-order chi connectivity index (χ0) is 12.5. The molecule has 0 saturated carbocycles. The van der Waals surface area contributed by atoms with E-state index in [0.717, 1.165) is 19.5 Å². The molecule has 0 aliphatic heterocycles. The van der Waals surface area contributed by atoms with Crippen molar-refractivity contribution in [3.63, 3.8) is 0 Å². The number of halogens is 1. The Morgan fingerprint density at radius 1 is 1.18 bits per heavy atom. The highest BCUT2D eigenvalue weighted by Gasteiger charge is 2.08. The van der Waals surface area contributed by atoms with E-state index in [0.29, 0.717) is 5.92 Å². The van der Waals surface area contributed by atoms with E-state index in [1.165, 1.54) is 24.8 Å². The Morgan fingerprint density at radius 2 is 1.88 bits per heavy atom. The molecule has 1 N–H and O–H groups in total. The first-order chi connectivity index (χ1) is 8.26. The van der Waals surface area contributed by atoms with Gasteiger partial charge in [0.2, 0.25) is 0 Å². The largest absolute Gasteiger partial charge is 0.317 e. The molecule has 0 bridgehead atoms. The Labute approximate surface area is 104 Å². The molecule has 96 valence electrons. The summed E-state index contributed by atoms with van der Waals surface area (Å²) in [5.41, 5.74) is 1.24. The summed E-state index contributed by atoms with van der Waals surface area (Å²) < 4.78 is 12.8. The summed E-state index contributed by atoms with van der Waals surface area (Å²) in [6.45, 7) is 6.44. The smallest absolute Gasteiger partial charge is 0.123 e. The van der Waals surface area contributed by atoms with Crippen molar-refractivity contribution in [2.75, 3.05) is 13.1 Å². The Bertz CT molecular complexity index is 286. The van der Waals surface area contributed by atoms with E-state index in [2.05, 4.69) is 19.2 Å². The minimum absolute atomic E-state index is 0.148. The van der Waals surface area contributed by atoms with Gasteiger partial charge in [0.15, 0.2) is 0 Å². The average Bonchev–Trinajstić information content (AvgIpc) is 2.35. The summed E-state index contributed by atoms with van der Waals surface area (Å²) in [6.07, 6.45) is 4.82. The van der Waals surface area contributed by atoms with Crippen LogP contribution in [0.2, 0.25) is 0 Å². The van der Waals surface area contributed by atoms with Crippen LogP contribution in [0.15, 0.2) is 24.3 Å². The van der Waals surface area contributed by atoms with Crippen molar-refractivity contribution in [1.29, 1.82) is 0 Å². The third-order valence-electron chi connectivity index (χ3n) is 3.09. The molecule has 0 amide bonds. The summed E-state index contributed by atoms with van der Waals surface area (Å²) in [5.74, 6) is 0.519. The predicted octanol–water partition coefficient (Wildman–Crippen LogP) is 3.78. The zero-order valence-corrected chi connectivity index (χ0v) is 11.0. The van der Waals surface area contributed by atoms with Gasteiger partial charge in [0.05, 0.1) is 0 Å². The molecule has 17 heavy (non-hydrogen) atoms. The topological polar surface area (TPSA) is 12.0 Å². The van der Waals surface area contributed by atoms with E-state index >= 15 is 0 Å². The standard InChI is InChI=1S/C15H24FN/c1-3-5-6-14(12-17-4-2)11-13-7-9-15(16)10-8-13/h7-10,14,17H,3-6,11-12H2,1-2H3. The van der Waals surface area contributed by atoms with Gasteiger partial charge in [0.1, 0.15) is 5.82 Å². The molecule has 0 aromatic heterocycles. The molecule has 1 aromatic rings. The fraction of sp³-hybridized carbons (Fsp3) is 0.600. The van der Waals surface area contributed by atoms with Crippen molar-refractivity contribution in [2.45, 2.75) is 39.5 Å². The molecular formula is C15H24FN. The normalized spacial score (nSPS) is 12.6. The lowest BCUT2D eigenvalue weighted by Crippen LogP contribution is -2.24. The number of rotatable bonds is 8. The van der Waals surface area contributed by atoms with E-state index in [9.17, 15) is 4.39 Å². The predicted molar refractivity (Wildman–Crippen MR) is 71.7 cm³/mol. The first-order valence-electron chi connectivity index (χ1n) is 6.71. The van der Waals surface area contributed by atoms with E-state index in [-0.39, 0.29) is 5.82 Å². The monoisotopic (exact) mass is 237 g/mol. The van der Waals surface area contributed by atoms with Crippen molar-refractivity contribution < 1.29 is 4.39 Å². The first-order valence-corrected chi connectivity index (χ1v) is 6.71. The van der Waals surface area contributed by atoms with Gasteiger partial charge in [-0.2, -0.15) is 0 Å². The minimum atomic E-state index is -0.148. The van der Waals surface area contributed by atoms with E-state index in [4.69, 9.17) is 0 Å². The highest BCUT2D eigenvalue weighted by molar-refractivity contribution is 5.16. The van der Waals surface area contributed by atoms with Gasteiger partial charge in [-0.3, -0.25) is 0 Å². The Kier molecular flexibility index (Phi) is 6.87. The molecule has 0 saturated heterocycles. The van der Waals surface area contributed by atoms with Crippen LogP contribution < -0.4 is 5.32 Å². The lowest BCUT2D eigenvalue weighted by molar-refractivity contribution is 0.433. The first kappa shape index (κ1) is 14.2. The van der Waals surface area contributed by atoms with E-state index in [1.54, 1.807) is 12.1 Å². The van der Waals surface area contributed by atoms with Crippen LogP contribution in [0, 0.1) is 11.7 Å². The fourth-order valence-corrected chi connectivity index (χ4v) is 2.07. The van der Waals surface area contributed by atoms with Crippen LogP contribution in [0.1, 0.15) is 38.7 Å². The number of hydrogen-bond donors (Lipinski definition) is 1. The maximum Gasteiger partial charge on any atom is 0.123 e. The van der Waals surface area contributed by atoms with Gasteiger partial charge in [0.25, 0.3) is 0 Å². The summed E-state index contributed by atoms with van der Waals surface area (Å²) in [4.78, 5) is 0. The molecular weight excluding hydrogens is 213 g/mol. The van der Waals surface area contributed by atoms with Crippen molar-refractivity contribution >= 4 is 0 Å². The summed E-state index contributed by atoms with van der Waals surface area (Å²) in [5, 5.41) is 3.41. The van der Waals surface area contributed by atoms with Crippen LogP contribution in [0.4, 0.5) is 4.39 Å². The summed E-state index contributed by atoms with van der Waals surface area (Å²) >= 11 is 0. The Hall–Kier alpha value is -0.890. The summed E-state index contributed by atoms with van der Waals surface area (Å²) in [6, 6.07) is 6.92. The molecule has 0 radical (unpaired) electrons. The third-order valence-corrected chi connectivity index (χ3v) is 3.09. The third kappa shape index (κ3) is 5.83. The molecule has 0 aliphatic rings. The van der Waals surface area contributed by atoms with Crippen molar-refractivity contribution in [3.8, 4) is 0 Å². The van der Waals surface area contributed by atoms with Crippen LogP contribution in [-0.4, -0.2) is 13.1 Å². The lowest BCUT2D eigenvalue weighted by atomic mass is 9.94. The molecule has 0 spiro atoms.